The minimum Gasteiger partial charge on any atom is -0.391 e. The third-order valence-electron chi connectivity index (χ3n) is 0.771. The van der Waals surface area contributed by atoms with E-state index in [-0.39, 0.29) is 23.7 Å². The van der Waals surface area contributed by atoms with Crippen LogP contribution in [0.4, 0.5) is 0 Å². The number of likely N-dealkylation sites (N-methyl/N-ethyl adjacent to an activating group) is 1. The van der Waals surface area contributed by atoms with Crippen LogP contribution in [0.5, 0.6) is 0 Å². The Bertz CT molecular complexity index is 50.9. The predicted octanol–water partition coefficient (Wildman–Crippen LogP) is -0.696. The molecule has 0 saturated heterocycles. The summed E-state index contributed by atoms with van der Waals surface area (Å²) in [5.74, 6) is 0. The van der Waals surface area contributed by atoms with Crippen molar-refractivity contribution in [2.45, 2.75) is 0 Å². The molecule has 1 N–H and O–H groups in total. The van der Waals surface area contributed by atoms with Gasteiger partial charge in [-0.15, -0.1) is 0 Å². The average molecular weight is 183 g/mol. The molecule has 0 aromatic heterocycles. The number of quaternary nitrogens is 1. The van der Waals surface area contributed by atoms with Gasteiger partial charge in [-0.2, -0.15) is 0 Å². The van der Waals surface area contributed by atoms with Crippen molar-refractivity contribution in [3.8, 4) is 0 Å². The first-order valence-electron chi connectivity index (χ1n) is 2.47. The first-order valence-corrected chi connectivity index (χ1v) is 2.47. The van der Waals surface area contributed by atoms with E-state index >= 15 is 0 Å². The number of hydrogen-bond donors (Lipinski definition) is 1. The molecule has 0 fully saturated rings. The molecule has 0 atom stereocenters. The molecule has 3 heteroatoms. The van der Waals surface area contributed by atoms with Crippen LogP contribution in [0.25, 0.3) is 0 Å². The van der Waals surface area contributed by atoms with E-state index in [9.17, 15) is 0 Å². The number of aliphatic hydroxyl groups is 1. The van der Waals surface area contributed by atoms with Crippen molar-refractivity contribution in [1.29, 1.82) is 0 Å². The second kappa shape index (κ2) is 4.33. The van der Waals surface area contributed by atoms with Crippen LogP contribution in [0.1, 0.15) is 0 Å². The van der Waals surface area contributed by atoms with Gasteiger partial charge in [0.2, 0.25) is 0 Å². The topological polar surface area (TPSA) is 20.2 Å². The molecule has 0 aromatic carbocycles. The van der Waals surface area contributed by atoms with E-state index in [1.165, 1.54) is 0 Å². The zero-order chi connectivity index (χ0) is 5.91. The third-order valence-corrected chi connectivity index (χ3v) is 0.771. The van der Waals surface area contributed by atoms with Crippen molar-refractivity contribution in [1.82, 2.24) is 0 Å². The van der Waals surface area contributed by atoms with Crippen molar-refractivity contribution in [2.75, 3.05) is 34.3 Å². The van der Waals surface area contributed by atoms with Crippen LogP contribution in [-0.2, 0) is 0 Å². The summed E-state index contributed by atoms with van der Waals surface area (Å²) in [6.07, 6.45) is 0. The molecule has 0 unspecified atom stereocenters. The van der Waals surface area contributed by atoms with E-state index in [0.29, 0.717) is 0 Å². The first-order chi connectivity index (χ1) is 3.06. The summed E-state index contributed by atoms with van der Waals surface area (Å²) in [5.41, 5.74) is 0. The van der Waals surface area contributed by atoms with Crippen LogP contribution in [0.3, 0.4) is 0 Å². The van der Waals surface area contributed by atoms with Crippen LogP contribution in [0.2, 0.25) is 0 Å². The van der Waals surface area contributed by atoms with Gasteiger partial charge >= 0.3 is 0 Å². The average Bonchev–Trinajstić information content (AvgIpc) is 1.30. The summed E-state index contributed by atoms with van der Waals surface area (Å²) in [5, 5.41) is 8.39. The standard InChI is InChI=1S/C5H14NO.Se/c1-6(2,3)4-5-7;/h7H,4-5H2,1-3H3;/q+1;. The Morgan fingerprint density at radius 2 is 1.62 bits per heavy atom. The fraction of sp³-hybridized carbons (Fsp3) is 1.00. The van der Waals surface area contributed by atoms with Crippen LogP contribution in [0, 0.1) is 0 Å². The Morgan fingerprint density at radius 3 is 1.62 bits per heavy atom. The summed E-state index contributed by atoms with van der Waals surface area (Å²) in [4.78, 5) is 0. The normalized spacial score (nSPS) is 10.5. The van der Waals surface area contributed by atoms with E-state index in [2.05, 4.69) is 21.1 Å². The minimum absolute atomic E-state index is 0. The van der Waals surface area contributed by atoms with Gasteiger partial charge in [-0.1, -0.05) is 0 Å². The van der Waals surface area contributed by atoms with E-state index < -0.39 is 0 Å². The Labute approximate surface area is 61.6 Å². The van der Waals surface area contributed by atoms with Gasteiger partial charge in [0.25, 0.3) is 0 Å². The van der Waals surface area contributed by atoms with E-state index in [1.54, 1.807) is 0 Å². The molecule has 0 saturated carbocycles. The fourth-order valence-corrected chi connectivity index (χ4v) is 0.300. The molecule has 0 spiro atoms. The quantitative estimate of drug-likeness (QED) is 0.443. The minimum atomic E-state index is 0. The second-order valence-electron chi connectivity index (χ2n) is 2.74. The van der Waals surface area contributed by atoms with Gasteiger partial charge in [0.05, 0.1) is 27.7 Å². The van der Waals surface area contributed by atoms with Gasteiger partial charge in [0.15, 0.2) is 0 Å². The summed E-state index contributed by atoms with van der Waals surface area (Å²) in [6, 6.07) is 0. The van der Waals surface area contributed by atoms with Gasteiger partial charge in [0.1, 0.15) is 6.54 Å². The predicted molar refractivity (Wildman–Crippen MR) is 35.7 cm³/mol. The Kier molecular flexibility index (Phi) is 6.10. The molecule has 0 aliphatic carbocycles. The molecule has 0 amide bonds. The van der Waals surface area contributed by atoms with Crippen molar-refractivity contribution in [3.63, 3.8) is 0 Å². The smallest absolute Gasteiger partial charge is 0.101 e. The maximum Gasteiger partial charge on any atom is 0.101 e. The van der Waals surface area contributed by atoms with Crippen molar-refractivity contribution in [2.24, 2.45) is 0 Å². The molecular weight excluding hydrogens is 169 g/mol. The van der Waals surface area contributed by atoms with E-state index in [1.807, 2.05) is 0 Å². The number of aliphatic hydroxyl groups excluding tert-OH is 1. The van der Waals surface area contributed by atoms with Crippen molar-refractivity contribution < 1.29 is 9.59 Å². The monoisotopic (exact) mass is 184 g/mol. The van der Waals surface area contributed by atoms with Gasteiger partial charge in [-0.3, -0.25) is 0 Å². The molecule has 8 heavy (non-hydrogen) atoms. The molecule has 0 rings (SSSR count). The van der Waals surface area contributed by atoms with Gasteiger partial charge < -0.3 is 9.59 Å². The van der Waals surface area contributed by atoms with Crippen LogP contribution < -0.4 is 0 Å². The Morgan fingerprint density at radius 1 is 1.25 bits per heavy atom. The van der Waals surface area contributed by atoms with Gasteiger partial charge in [0, 0.05) is 17.1 Å². The summed E-state index contributed by atoms with van der Waals surface area (Å²) < 4.78 is 0.844. The molecule has 50 valence electrons. The Hall–Kier alpha value is 0.439. The van der Waals surface area contributed by atoms with E-state index in [0.717, 1.165) is 11.0 Å². The molecular formula is C5H14NOSe+. The summed E-state index contributed by atoms with van der Waals surface area (Å²) >= 11 is 0. The zero-order valence-electron chi connectivity index (χ0n) is 5.72. The van der Waals surface area contributed by atoms with Crippen LogP contribution in [-0.4, -0.2) is 61.0 Å². The molecule has 0 aliphatic rings. The number of rotatable bonds is 2. The Balaban J connectivity index is 0. The zero-order valence-corrected chi connectivity index (χ0v) is 7.43. The van der Waals surface area contributed by atoms with Crippen molar-refractivity contribution in [3.05, 3.63) is 0 Å². The van der Waals surface area contributed by atoms with E-state index in [4.69, 9.17) is 5.11 Å². The van der Waals surface area contributed by atoms with Gasteiger partial charge in [-0.05, 0) is 0 Å². The number of nitrogens with zero attached hydrogens (tertiary/aromatic N) is 1. The molecule has 2 radical (unpaired) electrons. The molecule has 0 aromatic rings. The molecule has 0 aliphatic heterocycles. The van der Waals surface area contributed by atoms with Crippen molar-refractivity contribution >= 4 is 17.1 Å². The summed E-state index contributed by atoms with van der Waals surface area (Å²) in [7, 11) is 6.16. The first kappa shape index (κ1) is 11.3. The molecule has 2 nitrogen and oxygen atoms in total. The molecule has 0 heterocycles. The maximum absolute atomic E-state index is 8.39. The fourth-order valence-electron chi connectivity index (χ4n) is 0.300. The van der Waals surface area contributed by atoms with Crippen LogP contribution >= 0.6 is 0 Å². The van der Waals surface area contributed by atoms with Gasteiger partial charge in [-0.25, -0.2) is 0 Å². The largest absolute Gasteiger partial charge is 0.391 e. The third kappa shape index (κ3) is 9.67. The maximum atomic E-state index is 8.39. The number of hydrogen-bond acceptors (Lipinski definition) is 1. The van der Waals surface area contributed by atoms with Crippen LogP contribution in [0.15, 0.2) is 0 Å². The molecule has 0 bridgehead atoms. The SMILES string of the molecule is C[N+](C)(C)CCO.[Se]. The summed E-state index contributed by atoms with van der Waals surface area (Å²) in [6.45, 7) is 1.11. The second-order valence-corrected chi connectivity index (χ2v) is 2.74.